The molecule has 8 heteroatoms. The molecule has 0 fully saturated rings. The molecule has 1 rings (SSSR count). The van der Waals surface area contributed by atoms with Crippen LogP contribution in [0.15, 0.2) is 29.2 Å². The molecule has 1 unspecified atom stereocenters. The summed E-state index contributed by atoms with van der Waals surface area (Å²) >= 11 is 0. The van der Waals surface area contributed by atoms with Gasteiger partial charge in [-0.25, -0.2) is 17.5 Å². The molecule has 0 aliphatic rings. The highest BCUT2D eigenvalue weighted by Crippen LogP contribution is 2.22. The summed E-state index contributed by atoms with van der Waals surface area (Å²) in [4.78, 5) is 23.7. The summed E-state index contributed by atoms with van der Waals surface area (Å²) in [6, 6.07) is 4.41. The Labute approximate surface area is 149 Å². The molecule has 0 radical (unpaired) electrons. The third-order valence-corrected chi connectivity index (χ3v) is 5.51. The molecular weight excluding hydrogens is 344 g/mol. The number of hydrogen-bond donors (Lipinski definition) is 2. The van der Waals surface area contributed by atoms with Crippen LogP contribution in [0.3, 0.4) is 0 Å². The minimum Gasteiger partial charge on any atom is -0.480 e. The van der Waals surface area contributed by atoms with Gasteiger partial charge in [0.05, 0.1) is 4.90 Å². The number of aliphatic carboxylic acids is 1. The van der Waals surface area contributed by atoms with Crippen LogP contribution in [0, 0.1) is 5.41 Å². The Morgan fingerprint density at radius 2 is 1.68 bits per heavy atom. The number of nitrogens with zero attached hydrogens (tertiary/aromatic N) is 1. The van der Waals surface area contributed by atoms with Gasteiger partial charge in [0.1, 0.15) is 6.04 Å². The first-order valence-electron chi connectivity index (χ1n) is 7.91. The first kappa shape index (κ1) is 21.1. The normalized spacial score (nSPS) is 13.5. The molecular formula is C17H26N2O5S. The van der Waals surface area contributed by atoms with E-state index in [-0.39, 0.29) is 15.9 Å². The molecule has 1 aromatic carbocycles. The zero-order valence-electron chi connectivity index (χ0n) is 15.2. The predicted octanol–water partition coefficient (Wildman–Crippen LogP) is 1.95. The summed E-state index contributed by atoms with van der Waals surface area (Å²) < 4.78 is 25.1. The standard InChI is InChI=1S/C17H26N2O5S/c1-17(2,3)11-10-14(16(21)22)18-15(20)12-6-8-13(9-7-12)25(23,24)19(4)5/h6-9,14H,10-11H2,1-5H3,(H,18,20)(H,21,22). The molecule has 1 aromatic rings. The lowest BCUT2D eigenvalue weighted by Crippen LogP contribution is -2.41. The molecule has 0 aliphatic carbocycles. The second-order valence-corrected chi connectivity index (χ2v) is 9.43. The van der Waals surface area contributed by atoms with E-state index in [1.54, 1.807) is 0 Å². The Morgan fingerprint density at radius 3 is 2.08 bits per heavy atom. The minimum absolute atomic E-state index is 0.0411. The van der Waals surface area contributed by atoms with Crippen LogP contribution in [0.2, 0.25) is 0 Å². The molecule has 0 saturated carbocycles. The van der Waals surface area contributed by atoms with Crippen LogP contribution in [0.4, 0.5) is 0 Å². The second kappa shape index (κ2) is 7.97. The van der Waals surface area contributed by atoms with Gasteiger partial charge >= 0.3 is 5.97 Å². The van der Waals surface area contributed by atoms with Gasteiger partial charge in [0.15, 0.2) is 0 Å². The van der Waals surface area contributed by atoms with Crippen LogP contribution in [0.1, 0.15) is 44.0 Å². The van der Waals surface area contributed by atoms with Crippen molar-refractivity contribution >= 4 is 21.9 Å². The minimum atomic E-state index is -3.57. The molecule has 1 atom stereocenters. The number of rotatable bonds is 7. The average Bonchev–Trinajstić information content (AvgIpc) is 2.49. The number of carboxylic acids is 1. The third-order valence-electron chi connectivity index (χ3n) is 3.68. The van der Waals surface area contributed by atoms with Crippen molar-refractivity contribution in [2.45, 2.75) is 44.6 Å². The van der Waals surface area contributed by atoms with Crippen molar-refractivity contribution in [3.8, 4) is 0 Å². The van der Waals surface area contributed by atoms with Crippen molar-refractivity contribution in [3.05, 3.63) is 29.8 Å². The van der Waals surface area contributed by atoms with Crippen molar-refractivity contribution in [1.29, 1.82) is 0 Å². The van der Waals surface area contributed by atoms with Crippen LogP contribution < -0.4 is 5.32 Å². The van der Waals surface area contributed by atoms with E-state index in [1.165, 1.54) is 38.4 Å². The summed E-state index contributed by atoms with van der Waals surface area (Å²) in [7, 11) is -0.735. The number of benzene rings is 1. The van der Waals surface area contributed by atoms with Crippen molar-refractivity contribution in [2.75, 3.05) is 14.1 Å². The lowest BCUT2D eigenvalue weighted by atomic mass is 9.88. The number of carboxylic acid groups (broad SMARTS) is 1. The largest absolute Gasteiger partial charge is 0.480 e. The van der Waals surface area contributed by atoms with Crippen molar-refractivity contribution in [2.24, 2.45) is 5.41 Å². The van der Waals surface area contributed by atoms with Gasteiger partial charge in [-0.3, -0.25) is 4.79 Å². The summed E-state index contributed by atoms with van der Waals surface area (Å²) in [5.41, 5.74) is 0.167. The monoisotopic (exact) mass is 370 g/mol. The molecule has 7 nitrogen and oxygen atoms in total. The maximum atomic E-state index is 12.2. The number of carbonyl (C=O) groups excluding carboxylic acids is 1. The second-order valence-electron chi connectivity index (χ2n) is 7.28. The zero-order valence-corrected chi connectivity index (χ0v) is 16.1. The van der Waals surface area contributed by atoms with Crippen LogP contribution in [-0.4, -0.2) is 49.8 Å². The number of amides is 1. The molecule has 0 bridgehead atoms. The van der Waals surface area contributed by atoms with Gasteiger partial charge in [-0.1, -0.05) is 20.8 Å². The summed E-state index contributed by atoms with van der Waals surface area (Å²) in [6.07, 6.45) is 0.960. The average molecular weight is 370 g/mol. The van der Waals surface area contributed by atoms with E-state index in [9.17, 15) is 23.1 Å². The third kappa shape index (κ3) is 6.13. The molecule has 0 aliphatic heterocycles. The Kier molecular flexibility index (Phi) is 6.73. The fourth-order valence-electron chi connectivity index (χ4n) is 2.07. The molecule has 25 heavy (non-hydrogen) atoms. The van der Waals surface area contributed by atoms with E-state index in [4.69, 9.17) is 0 Å². The van der Waals surface area contributed by atoms with Crippen LogP contribution in [0.25, 0.3) is 0 Å². The molecule has 140 valence electrons. The van der Waals surface area contributed by atoms with Crippen LogP contribution >= 0.6 is 0 Å². The first-order valence-corrected chi connectivity index (χ1v) is 9.35. The van der Waals surface area contributed by atoms with Gasteiger partial charge in [0.2, 0.25) is 10.0 Å². The number of carbonyl (C=O) groups is 2. The maximum Gasteiger partial charge on any atom is 0.326 e. The SMILES string of the molecule is CN(C)S(=O)(=O)c1ccc(C(=O)NC(CCC(C)(C)C)C(=O)O)cc1. The van der Waals surface area contributed by atoms with Crippen LogP contribution in [-0.2, 0) is 14.8 Å². The smallest absolute Gasteiger partial charge is 0.326 e. The predicted molar refractivity (Wildman–Crippen MR) is 94.9 cm³/mol. The molecule has 2 N–H and O–H groups in total. The molecule has 0 heterocycles. The van der Waals surface area contributed by atoms with E-state index in [2.05, 4.69) is 5.32 Å². The summed E-state index contributed by atoms with van der Waals surface area (Å²) in [5.74, 6) is -1.64. The topological polar surface area (TPSA) is 104 Å². The Bertz CT molecular complexity index is 718. The Morgan fingerprint density at radius 1 is 1.16 bits per heavy atom. The van der Waals surface area contributed by atoms with Gasteiger partial charge in [-0.15, -0.1) is 0 Å². The highest BCUT2D eigenvalue weighted by atomic mass is 32.2. The van der Waals surface area contributed by atoms with Crippen molar-refractivity contribution in [1.82, 2.24) is 9.62 Å². The van der Waals surface area contributed by atoms with E-state index >= 15 is 0 Å². The number of sulfonamides is 1. The van der Waals surface area contributed by atoms with Gasteiger partial charge in [-0.2, -0.15) is 0 Å². The summed E-state index contributed by atoms with van der Waals surface area (Å²) in [6.45, 7) is 5.99. The lowest BCUT2D eigenvalue weighted by molar-refractivity contribution is -0.139. The van der Waals surface area contributed by atoms with Crippen LogP contribution in [0.5, 0.6) is 0 Å². The lowest BCUT2D eigenvalue weighted by Gasteiger charge is -2.21. The Hall–Kier alpha value is -1.93. The van der Waals surface area contributed by atoms with Crippen molar-refractivity contribution in [3.63, 3.8) is 0 Å². The maximum absolute atomic E-state index is 12.2. The summed E-state index contributed by atoms with van der Waals surface area (Å²) in [5, 5.41) is 11.8. The van der Waals surface area contributed by atoms with Crippen molar-refractivity contribution < 1.29 is 23.1 Å². The number of nitrogens with one attached hydrogen (secondary N) is 1. The molecule has 1 amide bonds. The molecule has 0 aromatic heterocycles. The van der Waals surface area contributed by atoms with E-state index in [0.717, 1.165) is 4.31 Å². The molecule has 0 spiro atoms. The van der Waals surface area contributed by atoms with Gasteiger partial charge in [-0.05, 0) is 42.5 Å². The zero-order chi connectivity index (χ0) is 19.4. The van der Waals surface area contributed by atoms with Gasteiger partial charge in [0, 0.05) is 19.7 Å². The van der Waals surface area contributed by atoms with E-state index < -0.39 is 27.9 Å². The quantitative estimate of drug-likeness (QED) is 0.763. The van der Waals surface area contributed by atoms with Gasteiger partial charge in [0.25, 0.3) is 5.91 Å². The van der Waals surface area contributed by atoms with E-state index in [0.29, 0.717) is 12.8 Å². The highest BCUT2D eigenvalue weighted by Gasteiger charge is 2.24. The fraction of sp³-hybridized carbons (Fsp3) is 0.529. The molecule has 0 saturated heterocycles. The number of hydrogen-bond acceptors (Lipinski definition) is 4. The Balaban J connectivity index is 2.87. The first-order chi connectivity index (χ1) is 11.3. The highest BCUT2D eigenvalue weighted by molar-refractivity contribution is 7.89. The van der Waals surface area contributed by atoms with E-state index in [1.807, 2.05) is 20.8 Å². The van der Waals surface area contributed by atoms with Gasteiger partial charge < -0.3 is 10.4 Å². The fourth-order valence-corrected chi connectivity index (χ4v) is 2.97.